The molecule has 3 aromatic rings. The summed E-state index contributed by atoms with van der Waals surface area (Å²) in [6.07, 6.45) is 1.53. The fourth-order valence-corrected chi connectivity index (χ4v) is 6.96. The summed E-state index contributed by atoms with van der Waals surface area (Å²) < 4.78 is 6.90. The summed E-state index contributed by atoms with van der Waals surface area (Å²) in [5.41, 5.74) is 1.01. The predicted molar refractivity (Wildman–Crippen MR) is 142 cm³/mol. The van der Waals surface area contributed by atoms with Crippen LogP contribution in [0.15, 0.2) is 71.2 Å². The van der Waals surface area contributed by atoms with E-state index in [-0.39, 0.29) is 29.2 Å². The van der Waals surface area contributed by atoms with Gasteiger partial charge in [-0.3, -0.25) is 29.9 Å². The molecule has 194 valence electrons. The van der Waals surface area contributed by atoms with Gasteiger partial charge in [0.05, 0.1) is 10.8 Å². The number of benzene rings is 3. The van der Waals surface area contributed by atoms with Crippen LogP contribution in [0.3, 0.4) is 0 Å². The van der Waals surface area contributed by atoms with E-state index < -0.39 is 22.4 Å². The quantitative estimate of drug-likeness (QED) is 0.322. The summed E-state index contributed by atoms with van der Waals surface area (Å²) >= 11 is 3.51. The highest BCUT2D eigenvalue weighted by Crippen LogP contribution is 2.59. The monoisotopic (exact) mass is 578 g/mol. The van der Waals surface area contributed by atoms with Gasteiger partial charge in [0.1, 0.15) is 12.4 Å². The van der Waals surface area contributed by atoms with Gasteiger partial charge in [-0.2, -0.15) is 0 Å². The van der Waals surface area contributed by atoms with Crippen molar-refractivity contribution in [2.75, 3.05) is 11.9 Å². The van der Waals surface area contributed by atoms with Crippen LogP contribution in [0, 0.1) is 20.2 Å². The van der Waals surface area contributed by atoms with Gasteiger partial charge in [-0.05, 0) is 42.7 Å². The largest absolute Gasteiger partial charge is 0.489 e. The van der Waals surface area contributed by atoms with Crippen LogP contribution >= 0.6 is 15.9 Å². The maximum absolute atomic E-state index is 13.7. The van der Waals surface area contributed by atoms with Crippen molar-refractivity contribution >= 4 is 33.2 Å². The summed E-state index contributed by atoms with van der Waals surface area (Å²) in [4.78, 5) is 39.0. The molecule has 0 unspecified atom stereocenters. The molecule has 3 aliphatic rings. The van der Waals surface area contributed by atoms with Crippen molar-refractivity contribution in [1.29, 1.82) is 0 Å². The molecular weight excluding hydrogens is 556 g/mol. The molecule has 2 saturated heterocycles. The third-order valence-corrected chi connectivity index (χ3v) is 8.43. The number of non-ortho nitro benzene ring substituents is 1. The van der Waals surface area contributed by atoms with Gasteiger partial charge in [0.2, 0.25) is 0 Å². The van der Waals surface area contributed by atoms with Crippen LogP contribution in [-0.2, 0) is 16.9 Å². The lowest BCUT2D eigenvalue weighted by molar-refractivity contribution is -0.534. The second-order valence-electron chi connectivity index (χ2n) is 9.82. The number of nitro benzene ring substituents is 1. The summed E-state index contributed by atoms with van der Waals surface area (Å²) in [5.74, 6) is -0.543. The van der Waals surface area contributed by atoms with E-state index in [1.165, 1.54) is 12.1 Å². The number of rotatable bonds is 6. The van der Waals surface area contributed by atoms with E-state index in [0.29, 0.717) is 41.1 Å². The number of carbonyl (C=O) groups excluding carboxylic acids is 1. The topological polar surface area (TPSA) is 128 Å². The molecule has 0 saturated carbocycles. The standard InChI is InChI=1S/C27H23BrN4O6/c28-17-10-11-23(38-15-16-5-3-6-18(13-16)31(34)35)19(14-17)24-22-9-4-12-30(22)27(25(24)32(36)37)20-7-1-2-8-21(20)29-26(27)33/h1-3,5-8,10-11,13-14,22,24-25H,4,9,12,15H2,(H,29,33)/t22-,24-,25-,27+/m1/s1. The van der Waals surface area contributed by atoms with Crippen molar-refractivity contribution in [1.82, 2.24) is 4.90 Å². The second kappa shape index (κ2) is 9.17. The van der Waals surface area contributed by atoms with Gasteiger partial charge in [0, 0.05) is 50.9 Å². The lowest BCUT2D eigenvalue weighted by Crippen LogP contribution is -2.55. The number of carbonyl (C=O) groups is 1. The number of halogens is 1. The minimum Gasteiger partial charge on any atom is -0.489 e. The summed E-state index contributed by atoms with van der Waals surface area (Å²) in [6, 6.07) is 17.3. The Morgan fingerprint density at radius 2 is 1.89 bits per heavy atom. The van der Waals surface area contributed by atoms with Crippen LogP contribution in [0.2, 0.25) is 0 Å². The van der Waals surface area contributed by atoms with Gasteiger partial charge < -0.3 is 10.1 Å². The van der Waals surface area contributed by atoms with E-state index in [1.54, 1.807) is 36.4 Å². The Labute approximate surface area is 226 Å². The fraction of sp³-hybridized carbons (Fsp3) is 0.296. The molecule has 2 fully saturated rings. The van der Waals surface area contributed by atoms with E-state index in [1.807, 2.05) is 23.1 Å². The lowest BCUT2D eigenvalue weighted by atomic mass is 9.77. The van der Waals surface area contributed by atoms with E-state index in [2.05, 4.69) is 21.2 Å². The zero-order valence-electron chi connectivity index (χ0n) is 20.1. The molecule has 11 heteroatoms. The smallest absolute Gasteiger partial charge is 0.269 e. The molecule has 0 bridgehead atoms. The molecule has 1 amide bonds. The first-order valence-corrected chi connectivity index (χ1v) is 13.1. The number of para-hydroxylation sites is 1. The number of nitrogens with zero attached hydrogens (tertiary/aromatic N) is 3. The third-order valence-electron chi connectivity index (χ3n) is 7.94. The number of hydrogen-bond donors (Lipinski definition) is 1. The van der Waals surface area contributed by atoms with Crippen molar-refractivity contribution < 1.29 is 19.4 Å². The maximum atomic E-state index is 13.7. The van der Waals surface area contributed by atoms with Crippen molar-refractivity contribution in [3.05, 3.63) is 108 Å². The van der Waals surface area contributed by atoms with Crippen LogP contribution in [0.1, 0.15) is 35.4 Å². The van der Waals surface area contributed by atoms with Gasteiger partial charge >= 0.3 is 0 Å². The summed E-state index contributed by atoms with van der Waals surface area (Å²) in [5, 5.41) is 27.0. The van der Waals surface area contributed by atoms with Crippen molar-refractivity contribution in [3.8, 4) is 5.75 Å². The first-order chi connectivity index (χ1) is 18.3. The summed E-state index contributed by atoms with van der Waals surface area (Å²) in [7, 11) is 0. The third kappa shape index (κ3) is 3.60. The second-order valence-corrected chi connectivity index (χ2v) is 10.7. The molecule has 3 heterocycles. The molecular formula is C27H23BrN4O6. The Bertz CT molecular complexity index is 1480. The van der Waals surface area contributed by atoms with Crippen molar-refractivity contribution in [2.24, 2.45) is 0 Å². The van der Waals surface area contributed by atoms with Crippen LogP contribution in [0.4, 0.5) is 11.4 Å². The molecule has 3 aliphatic heterocycles. The Morgan fingerprint density at radius 3 is 2.68 bits per heavy atom. The molecule has 3 aromatic carbocycles. The van der Waals surface area contributed by atoms with Crippen LogP contribution in [0.25, 0.3) is 0 Å². The van der Waals surface area contributed by atoms with Gasteiger partial charge in [-0.25, -0.2) is 0 Å². The van der Waals surface area contributed by atoms with Gasteiger partial charge in [0.25, 0.3) is 17.6 Å². The normalized spacial score (nSPS) is 25.7. The number of hydrogen-bond acceptors (Lipinski definition) is 7. The zero-order valence-corrected chi connectivity index (χ0v) is 21.7. The van der Waals surface area contributed by atoms with E-state index in [4.69, 9.17) is 4.74 Å². The van der Waals surface area contributed by atoms with Gasteiger partial charge in [0.15, 0.2) is 5.54 Å². The van der Waals surface area contributed by atoms with Crippen LogP contribution in [-0.4, -0.2) is 39.3 Å². The van der Waals surface area contributed by atoms with Gasteiger partial charge in [-0.1, -0.05) is 46.3 Å². The average molecular weight is 579 g/mol. The number of amides is 1. The average Bonchev–Trinajstić information content (AvgIpc) is 3.56. The van der Waals surface area contributed by atoms with E-state index >= 15 is 0 Å². The highest BCUT2D eigenvalue weighted by molar-refractivity contribution is 9.10. The molecule has 0 radical (unpaired) electrons. The van der Waals surface area contributed by atoms with Crippen molar-refractivity contribution in [2.45, 2.75) is 43.0 Å². The fourth-order valence-electron chi connectivity index (χ4n) is 6.58. The number of anilines is 1. The Kier molecular flexibility index (Phi) is 5.92. The zero-order chi connectivity index (χ0) is 26.6. The molecule has 0 aromatic heterocycles. The highest BCUT2D eigenvalue weighted by atomic mass is 79.9. The van der Waals surface area contributed by atoms with E-state index in [0.717, 1.165) is 10.9 Å². The molecule has 38 heavy (non-hydrogen) atoms. The Balaban J connectivity index is 1.45. The Hall–Kier alpha value is -3.83. The van der Waals surface area contributed by atoms with Gasteiger partial charge in [-0.15, -0.1) is 0 Å². The number of nitro groups is 2. The summed E-state index contributed by atoms with van der Waals surface area (Å²) in [6.45, 7) is 0.625. The Morgan fingerprint density at radius 1 is 1.08 bits per heavy atom. The first-order valence-electron chi connectivity index (χ1n) is 12.3. The van der Waals surface area contributed by atoms with E-state index in [9.17, 15) is 25.0 Å². The van der Waals surface area contributed by atoms with Crippen LogP contribution < -0.4 is 10.1 Å². The molecule has 10 nitrogen and oxygen atoms in total. The molecule has 1 N–H and O–H groups in total. The number of fused-ring (bicyclic) bond motifs is 4. The first kappa shape index (κ1) is 24.5. The highest BCUT2D eigenvalue weighted by Gasteiger charge is 2.73. The SMILES string of the molecule is O=C1Nc2ccccc2[C@]12[C@H]([N+](=O)[O-])[C@H](c1cc(Br)ccc1OCc1cccc([N+](=O)[O-])c1)[C@H]1CCCN12. The minimum atomic E-state index is -1.43. The number of ether oxygens (including phenoxy) is 1. The molecule has 1 spiro atoms. The minimum absolute atomic E-state index is 0.0409. The molecule has 4 atom stereocenters. The van der Waals surface area contributed by atoms with Crippen LogP contribution in [0.5, 0.6) is 5.75 Å². The molecule has 0 aliphatic carbocycles. The van der Waals surface area contributed by atoms with Crippen molar-refractivity contribution in [3.63, 3.8) is 0 Å². The lowest BCUT2D eigenvalue weighted by Gasteiger charge is -2.32. The maximum Gasteiger partial charge on any atom is 0.269 e. The predicted octanol–water partition coefficient (Wildman–Crippen LogP) is 4.99. The molecule has 6 rings (SSSR count). The number of nitrogens with one attached hydrogen (secondary N) is 1.